The predicted octanol–water partition coefficient (Wildman–Crippen LogP) is 3.39. The van der Waals surface area contributed by atoms with Crippen LogP contribution >= 0.6 is 0 Å². The molecule has 1 aromatic carbocycles. The lowest BCUT2D eigenvalue weighted by atomic mass is 10.1. The van der Waals surface area contributed by atoms with Crippen LogP contribution in [0.15, 0.2) is 18.2 Å². The zero-order chi connectivity index (χ0) is 15.1. The van der Waals surface area contributed by atoms with E-state index in [4.69, 9.17) is 5.11 Å². The van der Waals surface area contributed by atoms with Crippen LogP contribution in [0, 0.1) is 6.92 Å². The predicted molar refractivity (Wildman–Crippen MR) is 79.3 cm³/mol. The van der Waals surface area contributed by atoms with Crippen LogP contribution in [-0.2, 0) is 0 Å². The summed E-state index contributed by atoms with van der Waals surface area (Å²) in [5.74, 6) is -0.997. The first-order chi connectivity index (χ1) is 9.45. The van der Waals surface area contributed by atoms with E-state index in [9.17, 15) is 9.59 Å². The van der Waals surface area contributed by atoms with Crippen LogP contribution in [-0.4, -0.2) is 23.1 Å². The monoisotopic (exact) mass is 278 g/mol. The molecular formula is C15H22N2O3. The fraction of sp³-hybridized carbons (Fsp3) is 0.467. The van der Waals surface area contributed by atoms with Gasteiger partial charge in [0.05, 0.1) is 5.56 Å². The van der Waals surface area contributed by atoms with Gasteiger partial charge in [0.2, 0.25) is 0 Å². The third kappa shape index (κ3) is 4.57. The van der Waals surface area contributed by atoms with Crippen molar-refractivity contribution in [1.29, 1.82) is 0 Å². The van der Waals surface area contributed by atoms with E-state index < -0.39 is 5.97 Å². The van der Waals surface area contributed by atoms with Gasteiger partial charge in [-0.1, -0.05) is 25.8 Å². The second-order valence-corrected chi connectivity index (χ2v) is 4.93. The highest BCUT2D eigenvalue weighted by atomic mass is 16.4. The Morgan fingerprint density at radius 2 is 2.05 bits per heavy atom. The molecule has 0 aliphatic carbocycles. The Morgan fingerprint density at radius 1 is 1.35 bits per heavy atom. The molecule has 0 aliphatic heterocycles. The Labute approximate surface area is 119 Å². The number of amides is 2. The number of unbranched alkanes of at least 4 members (excludes halogenated alkanes) is 1. The highest BCUT2D eigenvalue weighted by molar-refractivity contribution is 5.95. The molecule has 110 valence electrons. The number of carbonyl (C=O) groups is 2. The van der Waals surface area contributed by atoms with E-state index in [0.29, 0.717) is 11.3 Å². The van der Waals surface area contributed by atoms with Crippen molar-refractivity contribution in [3.8, 4) is 0 Å². The summed E-state index contributed by atoms with van der Waals surface area (Å²) >= 11 is 0. The Kier molecular flexibility index (Phi) is 6.03. The lowest BCUT2D eigenvalue weighted by Crippen LogP contribution is -2.36. The third-order valence-electron chi connectivity index (χ3n) is 3.18. The van der Waals surface area contributed by atoms with Gasteiger partial charge in [-0.2, -0.15) is 0 Å². The van der Waals surface area contributed by atoms with Gasteiger partial charge in [-0.05, 0) is 38.0 Å². The molecule has 0 saturated carbocycles. The minimum atomic E-state index is -0.997. The van der Waals surface area contributed by atoms with Crippen LogP contribution < -0.4 is 10.6 Å². The van der Waals surface area contributed by atoms with Gasteiger partial charge in [0.25, 0.3) is 0 Å². The van der Waals surface area contributed by atoms with Crippen molar-refractivity contribution in [1.82, 2.24) is 5.32 Å². The number of hydrogen-bond donors (Lipinski definition) is 3. The lowest BCUT2D eigenvalue weighted by molar-refractivity contribution is 0.0696. The van der Waals surface area contributed by atoms with Crippen molar-refractivity contribution < 1.29 is 14.7 Å². The van der Waals surface area contributed by atoms with Gasteiger partial charge in [-0.3, -0.25) is 0 Å². The molecule has 0 aliphatic rings. The van der Waals surface area contributed by atoms with Crippen LogP contribution in [0.4, 0.5) is 10.5 Å². The van der Waals surface area contributed by atoms with E-state index in [-0.39, 0.29) is 17.6 Å². The number of benzene rings is 1. The molecule has 0 aromatic heterocycles. The molecule has 1 atom stereocenters. The molecule has 0 spiro atoms. The smallest absolute Gasteiger partial charge is 0.336 e. The van der Waals surface area contributed by atoms with E-state index in [2.05, 4.69) is 17.6 Å². The van der Waals surface area contributed by atoms with Crippen LogP contribution in [0.1, 0.15) is 49.0 Å². The van der Waals surface area contributed by atoms with Crippen molar-refractivity contribution in [2.24, 2.45) is 0 Å². The number of carboxylic acids is 1. The van der Waals surface area contributed by atoms with Gasteiger partial charge in [-0.15, -0.1) is 0 Å². The maximum Gasteiger partial charge on any atom is 0.336 e. The van der Waals surface area contributed by atoms with Gasteiger partial charge < -0.3 is 15.7 Å². The van der Waals surface area contributed by atoms with Crippen LogP contribution in [0.3, 0.4) is 0 Å². The van der Waals surface area contributed by atoms with Gasteiger partial charge >= 0.3 is 12.0 Å². The summed E-state index contributed by atoms with van der Waals surface area (Å²) in [6.45, 7) is 5.74. The van der Waals surface area contributed by atoms with Gasteiger partial charge in [0.1, 0.15) is 0 Å². The number of urea groups is 1. The third-order valence-corrected chi connectivity index (χ3v) is 3.18. The summed E-state index contributed by atoms with van der Waals surface area (Å²) in [5, 5.41) is 14.6. The highest BCUT2D eigenvalue weighted by Crippen LogP contribution is 2.18. The summed E-state index contributed by atoms with van der Waals surface area (Å²) in [7, 11) is 0. The average Bonchev–Trinajstić information content (AvgIpc) is 2.38. The molecule has 1 aromatic rings. The SMILES string of the molecule is CCCCC(C)NC(=O)Nc1cccc(C(=O)O)c1C. The Hall–Kier alpha value is -2.04. The fourth-order valence-electron chi connectivity index (χ4n) is 1.97. The van der Waals surface area contributed by atoms with Gasteiger partial charge in [-0.25, -0.2) is 9.59 Å². The first-order valence-electron chi connectivity index (χ1n) is 6.86. The summed E-state index contributed by atoms with van der Waals surface area (Å²) in [5.41, 5.74) is 1.27. The minimum absolute atomic E-state index is 0.0953. The number of anilines is 1. The molecule has 2 amide bonds. The number of aromatic carboxylic acids is 1. The van der Waals surface area contributed by atoms with E-state index >= 15 is 0 Å². The normalized spacial score (nSPS) is 11.8. The van der Waals surface area contributed by atoms with Crippen LogP contribution in [0.5, 0.6) is 0 Å². The van der Waals surface area contributed by atoms with Crippen molar-refractivity contribution in [2.75, 3.05) is 5.32 Å². The maximum atomic E-state index is 11.8. The van der Waals surface area contributed by atoms with E-state index in [1.165, 1.54) is 6.07 Å². The number of carbonyl (C=O) groups excluding carboxylic acids is 1. The molecule has 0 fully saturated rings. The van der Waals surface area contributed by atoms with E-state index in [0.717, 1.165) is 19.3 Å². The van der Waals surface area contributed by atoms with Crippen molar-refractivity contribution >= 4 is 17.7 Å². The van der Waals surface area contributed by atoms with Gasteiger partial charge in [0.15, 0.2) is 0 Å². The standard InChI is InChI=1S/C15H22N2O3/c1-4-5-7-10(2)16-15(20)17-13-9-6-8-12(11(13)3)14(18)19/h6,8-10H,4-5,7H2,1-3H3,(H,18,19)(H2,16,17,20). The molecule has 0 saturated heterocycles. The summed E-state index contributed by atoms with van der Waals surface area (Å²) in [4.78, 5) is 22.9. The Balaban J connectivity index is 2.67. The van der Waals surface area contributed by atoms with Crippen molar-refractivity contribution in [3.05, 3.63) is 29.3 Å². The number of rotatable bonds is 6. The molecule has 3 N–H and O–H groups in total. The van der Waals surface area contributed by atoms with Gasteiger partial charge in [0, 0.05) is 11.7 Å². The fourth-order valence-corrected chi connectivity index (χ4v) is 1.97. The second-order valence-electron chi connectivity index (χ2n) is 4.93. The molecule has 5 heteroatoms. The lowest BCUT2D eigenvalue weighted by Gasteiger charge is -2.15. The first-order valence-corrected chi connectivity index (χ1v) is 6.86. The largest absolute Gasteiger partial charge is 0.478 e. The topological polar surface area (TPSA) is 78.4 Å². The zero-order valence-electron chi connectivity index (χ0n) is 12.2. The first kappa shape index (κ1) is 16.0. The minimum Gasteiger partial charge on any atom is -0.478 e. The molecular weight excluding hydrogens is 256 g/mol. The molecule has 0 heterocycles. The maximum absolute atomic E-state index is 11.8. The van der Waals surface area contributed by atoms with Crippen LogP contribution in [0.25, 0.3) is 0 Å². The highest BCUT2D eigenvalue weighted by Gasteiger charge is 2.12. The summed E-state index contributed by atoms with van der Waals surface area (Å²) in [6, 6.07) is 4.62. The Morgan fingerprint density at radius 3 is 2.65 bits per heavy atom. The quantitative estimate of drug-likeness (QED) is 0.746. The Bertz CT molecular complexity index is 486. The van der Waals surface area contributed by atoms with E-state index in [1.807, 2.05) is 6.92 Å². The molecule has 0 radical (unpaired) electrons. The average molecular weight is 278 g/mol. The molecule has 0 bridgehead atoms. The zero-order valence-corrected chi connectivity index (χ0v) is 12.2. The second kappa shape index (κ2) is 7.53. The van der Waals surface area contributed by atoms with Crippen LogP contribution in [0.2, 0.25) is 0 Å². The molecule has 20 heavy (non-hydrogen) atoms. The summed E-state index contributed by atoms with van der Waals surface area (Å²) < 4.78 is 0. The summed E-state index contributed by atoms with van der Waals surface area (Å²) in [6.07, 6.45) is 3.08. The van der Waals surface area contributed by atoms with Crippen molar-refractivity contribution in [3.63, 3.8) is 0 Å². The number of hydrogen-bond acceptors (Lipinski definition) is 2. The number of carboxylic acid groups (broad SMARTS) is 1. The van der Waals surface area contributed by atoms with Crippen molar-refractivity contribution in [2.45, 2.75) is 46.1 Å². The molecule has 1 unspecified atom stereocenters. The van der Waals surface area contributed by atoms with E-state index in [1.54, 1.807) is 19.1 Å². The molecule has 5 nitrogen and oxygen atoms in total. The number of nitrogens with one attached hydrogen (secondary N) is 2. The molecule has 1 rings (SSSR count).